The maximum Gasteiger partial charge on any atom is 0.0331 e. The van der Waals surface area contributed by atoms with Gasteiger partial charge in [-0.2, -0.15) is 0 Å². The second kappa shape index (κ2) is 6.58. The Hall–Kier alpha value is -0.0800. The third-order valence-corrected chi connectivity index (χ3v) is 5.97. The standard InChI is InChI=1S/C17H34N2/c1-14(2)16-5-4-9-17(13-18,10-6-16)19-11-7-15(3)8-12-19/h14-16H,4-13,18H2,1-3H3. The number of hydrogen-bond acceptors (Lipinski definition) is 2. The quantitative estimate of drug-likeness (QED) is 0.790. The highest BCUT2D eigenvalue weighted by Gasteiger charge is 2.38. The molecule has 1 saturated heterocycles. The van der Waals surface area contributed by atoms with Gasteiger partial charge in [0.25, 0.3) is 0 Å². The Kier molecular flexibility index (Phi) is 5.30. The van der Waals surface area contributed by atoms with E-state index in [9.17, 15) is 0 Å². The zero-order chi connectivity index (χ0) is 13.9. The smallest absolute Gasteiger partial charge is 0.0331 e. The van der Waals surface area contributed by atoms with Crippen LogP contribution in [0.2, 0.25) is 0 Å². The number of likely N-dealkylation sites (tertiary alicyclic amines) is 1. The lowest BCUT2D eigenvalue weighted by Crippen LogP contribution is -2.56. The topological polar surface area (TPSA) is 29.3 Å². The van der Waals surface area contributed by atoms with Crippen molar-refractivity contribution < 1.29 is 0 Å². The monoisotopic (exact) mass is 266 g/mol. The van der Waals surface area contributed by atoms with Gasteiger partial charge in [0.2, 0.25) is 0 Å². The minimum Gasteiger partial charge on any atom is -0.329 e. The van der Waals surface area contributed by atoms with Gasteiger partial charge >= 0.3 is 0 Å². The molecule has 0 aromatic rings. The average molecular weight is 266 g/mol. The highest BCUT2D eigenvalue weighted by Crippen LogP contribution is 2.38. The fraction of sp³-hybridized carbons (Fsp3) is 1.00. The van der Waals surface area contributed by atoms with Gasteiger partial charge in [0.1, 0.15) is 0 Å². The molecule has 2 nitrogen and oxygen atoms in total. The molecule has 2 heteroatoms. The molecule has 0 spiro atoms. The molecule has 0 radical (unpaired) electrons. The Bertz CT molecular complexity index is 268. The van der Waals surface area contributed by atoms with Crippen LogP contribution in [0.3, 0.4) is 0 Å². The zero-order valence-electron chi connectivity index (χ0n) is 13.3. The highest BCUT2D eigenvalue weighted by molar-refractivity contribution is 4.96. The van der Waals surface area contributed by atoms with Crippen LogP contribution < -0.4 is 5.73 Å². The van der Waals surface area contributed by atoms with Crippen molar-refractivity contribution in [2.75, 3.05) is 19.6 Å². The Morgan fingerprint density at radius 3 is 2.37 bits per heavy atom. The second-order valence-electron chi connectivity index (χ2n) is 7.53. The van der Waals surface area contributed by atoms with E-state index >= 15 is 0 Å². The largest absolute Gasteiger partial charge is 0.329 e. The molecule has 1 heterocycles. The molecule has 0 amide bonds. The lowest BCUT2D eigenvalue weighted by molar-refractivity contribution is 0.0442. The first-order valence-corrected chi connectivity index (χ1v) is 8.52. The molecule has 2 atom stereocenters. The lowest BCUT2D eigenvalue weighted by atomic mass is 9.83. The number of hydrogen-bond donors (Lipinski definition) is 1. The van der Waals surface area contributed by atoms with Crippen molar-refractivity contribution in [3.8, 4) is 0 Å². The molecule has 1 aliphatic carbocycles. The number of nitrogens with zero attached hydrogens (tertiary/aromatic N) is 1. The molecule has 2 N–H and O–H groups in total. The molecule has 1 saturated carbocycles. The molecular weight excluding hydrogens is 232 g/mol. The molecule has 2 rings (SSSR count). The van der Waals surface area contributed by atoms with Crippen LogP contribution in [0.5, 0.6) is 0 Å². The number of nitrogens with two attached hydrogens (primary N) is 1. The minimum atomic E-state index is 0.337. The van der Waals surface area contributed by atoms with E-state index in [0.717, 1.165) is 24.3 Å². The van der Waals surface area contributed by atoms with E-state index in [4.69, 9.17) is 5.73 Å². The summed E-state index contributed by atoms with van der Waals surface area (Å²) in [6.07, 6.45) is 9.60. The Balaban J connectivity index is 2.01. The Morgan fingerprint density at radius 1 is 1.11 bits per heavy atom. The van der Waals surface area contributed by atoms with Crippen LogP contribution in [0, 0.1) is 17.8 Å². The summed E-state index contributed by atoms with van der Waals surface area (Å²) >= 11 is 0. The van der Waals surface area contributed by atoms with E-state index in [1.165, 1.54) is 58.0 Å². The average Bonchev–Trinajstić information content (AvgIpc) is 2.63. The molecule has 2 unspecified atom stereocenters. The van der Waals surface area contributed by atoms with Crippen molar-refractivity contribution in [2.45, 2.75) is 71.3 Å². The first-order chi connectivity index (χ1) is 9.07. The highest BCUT2D eigenvalue weighted by atomic mass is 15.2. The van der Waals surface area contributed by atoms with Crippen molar-refractivity contribution >= 4 is 0 Å². The maximum atomic E-state index is 6.25. The molecular formula is C17H34N2. The summed E-state index contributed by atoms with van der Waals surface area (Å²) in [5.74, 6) is 2.69. The molecule has 1 aliphatic heterocycles. The summed E-state index contributed by atoms with van der Waals surface area (Å²) in [7, 11) is 0. The molecule has 2 fully saturated rings. The predicted molar refractivity (Wildman–Crippen MR) is 83.2 cm³/mol. The van der Waals surface area contributed by atoms with Crippen LogP contribution in [-0.4, -0.2) is 30.1 Å². The van der Waals surface area contributed by atoms with Gasteiger partial charge in [0, 0.05) is 12.1 Å². The first kappa shape index (κ1) is 15.3. The fourth-order valence-corrected chi connectivity index (χ4v) is 4.22. The predicted octanol–water partition coefficient (Wildman–Crippen LogP) is 3.65. The zero-order valence-corrected chi connectivity index (χ0v) is 13.3. The van der Waals surface area contributed by atoms with Gasteiger partial charge in [-0.25, -0.2) is 0 Å². The van der Waals surface area contributed by atoms with E-state index in [1.54, 1.807) is 0 Å². The molecule has 19 heavy (non-hydrogen) atoms. The summed E-state index contributed by atoms with van der Waals surface area (Å²) in [4.78, 5) is 2.76. The first-order valence-electron chi connectivity index (χ1n) is 8.52. The minimum absolute atomic E-state index is 0.337. The van der Waals surface area contributed by atoms with E-state index in [1.807, 2.05) is 0 Å². The number of piperidine rings is 1. The summed E-state index contributed by atoms with van der Waals surface area (Å²) in [5.41, 5.74) is 6.59. The van der Waals surface area contributed by atoms with Crippen LogP contribution >= 0.6 is 0 Å². The lowest BCUT2D eigenvalue weighted by Gasteiger charge is -2.46. The Morgan fingerprint density at radius 2 is 1.79 bits per heavy atom. The van der Waals surface area contributed by atoms with Gasteiger partial charge in [-0.15, -0.1) is 0 Å². The molecule has 112 valence electrons. The van der Waals surface area contributed by atoms with Crippen LogP contribution in [-0.2, 0) is 0 Å². The van der Waals surface area contributed by atoms with Crippen LogP contribution in [0.15, 0.2) is 0 Å². The van der Waals surface area contributed by atoms with Gasteiger partial charge < -0.3 is 5.73 Å². The molecule has 0 aromatic heterocycles. The van der Waals surface area contributed by atoms with Crippen molar-refractivity contribution in [1.29, 1.82) is 0 Å². The van der Waals surface area contributed by atoms with Crippen molar-refractivity contribution in [3.05, 3.63) is 0 Å². The third kappa shape index (κ3) is 3.52. The second-order valence-corrected chi connectivity index (χ2v) is 7.53. The van der Waals surface area contributed by atoms with Gasteiger partial charge in [0.05, 0.1) is 0 Å². The SMILES string of the molecule is CC1CCN(C2(CN)CCCC(C(C)C)CC2)CC1. The summed E-state index contributed by atoms with van der Waals surface area (Å²) < 4.78 is 0. The van der Waals surface area contributed by atoms with Gasteiger partial charge in [-0.1, -0.05) is 33.6 Å². The molecule has 0 bridgehead atoms. The van der Waals surface area contributed by atoms with E-state index < -0.39 is 0 Å². The fourth-order valence-electron chi connectivity index (χ4n) is 4.22. The van der Waals surface area contributed by atoms with Gasteiger partial charge in [0.15, 0.2) is 0 Å². The van der Waals surface area contributed by atoms with Gasteiger partial charge in [-0.05, 0) is 62.9 Å². The Labute approximate surface area is 120 Å². The third-order valence-electron chi connectivity index (χ3n) is 5.97. The summed E-state index contributed by atoms with van der Waals surface area (Å²) in [5, 5.41) is 0. The number of rotatable bonds is 3. The normalized spacial score (nSPS) is 35.5. The van der Waals surface area contributed by atoms with Crippen LogP contribution in [0.1, 0.15) is 65.7 Å². The van der Waals surface area contributed by atoms with E-state index in [-0.39, 0.29) is 0 Å². The van der Waals surface area contributed by atoms with E-state index in [2.05, 4.69) is 25.7 Å². The van der Waals surface area contributed by atoms with Crippen LogP contribution in [0.25, 0.3) is 0 Å². The molecule has 0 aromatic carbocycles. The van der Waals surface area contributed by atoms with Crippen molar-refractivity contribution in [2.24, 2.45) is 23.5 Å². The van der Waals surface area contributed by atoms with Gasteiger partial charge in [-0.3, -0.25) is 4.90 Å². The van der Waals surface area contributed by atoms with Crippen LogP contribution in [0.4, 0.5) is 0 Å². The van der Waals surface area contributed by atoms with E-state index in [0.29, 0.717) is 5.54 Å². The summed E-state index contributed by atoms with van der Waals surface area (Å²) in [6, 6.07) is 0. The summed E-state index contributed by atoms with van der Waals surface area (Å²) in [6.45, 7) is 10.6. The molecule has 2 aliphatic rings. The maximum absolute atomic E-state index is 6.25. The van der Waals surface area contributed by atoms with Crippen molar-refractivity contribution in [1.82, 2.24) is 4.90 Å². The van der Waals surface area contributed by atoms with Crippen molar-refractivity contribution in [3.63, 3.8) is 0 Å².